The number of aryl methyl sites for hydroxylation is 2. The minimum atomic E-state index is -4.69. The van der Waals surface area contributed by atoms with Gasteiger partial charge in [-0.25, -0.2) is 13.9 Å². The lowest BCUT2D eigenvalue weighted by Gasteiger charge is -2.11. The topological polar surface area (TPSA) is 90.6 Å². The number of nitrogens with zero attached hydrogens (tertiary/aromatic N) is 4. The second-order valence-corrected chi connectivity index (χ2v) is 6.94. The van der Waals surface area contributed by atoms with Gasteiger partial charge in [0.1, 0.15) is 6.61 Å². The Morgan fingerprint density at radius 1 is 1.19 bits per heavy atom. The maximum atomic E-state index is 14.1. The Kier molecular flexibility index (Phi) is 6.92. The van der Waals surface area contributed by atoms with Crippen molar-refractivity contribution in [2.24, 2.45) is 0 Å². The minimum Gasteiger partial charge on any atom is -0.488 e. The van der Waals surface area contributed by atoms with E-state index in [-0.39, 0.29) is 36.7 Å². The summed E-state index contributed by atoms with van der Waals surface area (Å²) in [6.45, 7) is 3.71. The number of hydrogen-bond donors (Lipinski definition) is 1. The number of amides is 1. The summed E-state index contributed by atoms with van der Waals surface area (Å²) in [4.78, 5) is 19.8. The fourth-order valence-corrected chi connectivity index (χ4v) is 3.08. The van der Waals surface area contributed by atoms with E-state index in [0.717, 1.165) is 10.6 Å². The van der Waals surface area contributed by atoms with Gasteiger partial charge in [0.25, 0.3) is 11.6 Å². The molecule has 0 bridgehead atoms. The Balaban J connectivity index is 1.67. The summed E-state index contributed by atoms with van der Waals surface area (Å²) in [5.74, 6) is -2.43. The number of aromatic nitrogens is 4. The van der Waals surface area contributed by atoms with Gasteiger partial charge >= 0.3 is 6.18 Å². The second kappa shape index (κ2) is 9.47. The molecule has 1 aromatic carbocycles. The molecule has 12 heteroatoms. The molecule has 1 N–H and O–H groups in total. The van der Waals surface area contributed by atoms with Gasteiger partial charge in [-0.1, -0.05) is 0 Å². The molecule has 0 aliphatic carbocycles. The lowest BCUT2D eigenvalue weighted by Crippen LogP contribution is -2.14. The van der Waals surface area contributed by atoms with E-state index in [2.05, 4.69) is 20.4 Å². The first kappa shape index (κ1) is 23.4. The fraction of sp³-hybridized carbons (Fsp3) is 0.400. The number of nitrogens with one attached hydrogen (secondary N) is 1. The number of alkyl halides is 3. The molecule has 0 fully saturated rings. The molecule has 3 rings (SSSR count). The first-order valence-electron chi connectivity index (χ1n) is 9.61. The smallest absolute Gasteiger partial charge is 0.453 e. The Morgan fingerprint density at radius 3 is 2.59 bits per heavy atom. The van der Waals surface area contributed by atoms with Gasteiger partial charge in [0.2, 0.25) is 5.91 Å². The summed E-state index contributed by atoms with van der Waals surface area (Å²) >= 11 is 0. The van der Waals surface area contributed by atoms with Gasteiger partial charge in [0, 0.05) is 36.7 Å². The fourth-order valence-electron chi connectivity index (χ4n) is 3.08. The van der Waals surface area contributed by atoms with Crippen LogP contribution in [-0.2, 0) is 22.1 Å². The zero-order valence-electron chi connectivity index (χ0n) is 17.6. The molecule has 32 heavy (non-hydrogen) atoms. The van der Waals surface area contributed by atoms with Crippen LogP contribution in [0.15, 0.2) is 18.2 Å². The van der Waals surface area contributed by atoms with E-state index < -0.39 is 23.7 Å². The first-order valence-corrected chi connectivity index (χ1v) is 9.61. The number of anilines is 1. The van der Waals surface area contributed by atoms with Gasteiger partial charge in [0.15, 0.2) is 11.6 Å². The average Bonchev–Trinajstić information content (AvgIpc) is 3.14. The van der Waals surface area contributed by atoms with Crippen molar-refractivity contribution >= 4 is 17.4 Å². The zero-order valence-corrected chi connectivity index (χ0v) is 17.6. The van der Waals surface area contributed by atoms with Gasteiger partial charge in [-0.3, -0.25) is 4.79 Å². The average molecular weight is 455 g/mol. The molecular formula is C20H21F4N5O3. The number of ether oxygens (including phenoxy) is 2. The molecule has 0 aliphatic heterocycles. The molecule has 3 aromatic rings. The summed E-state index contributed by atoms with van der Waals surface area (Å²) in [6, 6.07) is 4.04. The number of carbonyl (C=O) groups is 1. The lowest BCUT2D eigenvalue weighted by atomic mass is 10.1. The molecule has 1 amide bonds. The number of rotatable bonds is 8. The van der Waals surface area contributed by atoms with Crippen molar-refractivity contribution in [2.75, 3.05) is 25.6 Å². The third-order valence-electron chi connectivity index (χ3n) is 4.67. The third-order valence-corrected chi connectivity index (χ3v) is 4.67. The van der Waals surface area contributed by atoms with E-state index in [1.165, 1.54) is 19.2 Å². The Bertz CT molecular complexity index is 1130. The maximum Gasteiger partial charge on any atom is 0.453 e. The molecule has 2 heterocycles. The van der Waals surface area contributed by atoms with Crippen LogP contribution in [0.25, 0.3) is 5.78 Å². The summed E-state index contributed by atoms with van der Waals surface area (Å²) < 4.78 is 63.8. The molecule has 0 aliphatic rings. The molecule has 0 atom stereocenters. The summed E-state index contributed by atoms with van der Waals surface area (Å²) in [7, 11) is 1.50. The lowest BCUT2D eigenvalue weighted by molar-refractivity contribution is -0.144. The molecule has 0 unspecified atom stereocenters. The highest BCUT2D eigenvalue weighted by atomic mass is 19.4. The molecule has 0 radical (unpaired) electrons. The van der Waals surface area contributed by atoms with Crippen LogP contribution in [0.3, 0.4) is 0 Å². The van der Waals surface area contributed by atoms with Crippen LogP contribution in [0.1, 0.15) is 29.2 Å². The van der Waals surface area contributed by atoms with Crippen LogP contribution in [-0.4, -0.2) is 45.8 Å². The van der Waals surface area contributed by atoms with Crippen LogP contribution in [0.5, 0.6) is 5.75 Å². The van der Waals surface area contributed by atoms with Crippen molar-refractivity contribution in [3.63, 3.8) is 0 Å². The highest BCUT2D eigenvalue weighted by Crippen LogP contribution is 2.27. The van der Waals surface area contributed by atoms with E-state index in [9.17, 15) is 22.4 Å². The number of methoxy groups -OCH3 is 1. The second-order valence-electron chi connectivity index (χ2n) is 6.94. The normalized spacial score (nSPS) is 11.7. The van der Waals surface area contributed by atoms with Gasteiger partial charge in [-0.05, 0) is 38.0 Å². The van der Waals surface area contributed by atoms with E-state index in [0.29, 0.717) is 23.6 Å². The van der Waals surface area contributed by atoms with Gasteiger partial charge in [-0.15, -0.1) is 5.10 Å². The Labute approximate surface area is 180 Å². The van der Waals surface area contributed by atoms with Crippen molar-refractivity contribution in [3.8, 4) is 5.75 Å². The molecule has 8 nitrogen and oxygen atoms in total. The predicted octanol–water partition coefficient (Wildman–Crippen LogP) is 3.50. The third kappa shape index (κ3) is 5.31. The standard InChI is InChI=1S/C20H21F4N5O3/c1-11-14(12(2)29-19(25-11)27-18(28-29)20(22,23)24)5-7-17(30)26-13-4-6-16(15(21)10-13)32-9-8-31-3/h4,6,10H,5,7-9H2,1-3H3,(H,26,30). The molecule has 2 aromatic heterocycles. The number of fused-ring (bicyclic) bond motifs is 1. The quantitative estimate of drug-likeness (QED) is 0.413. The minimum absolute atomic E-state index is 0.00337. The van der Waals surface area contributed by atoms with Gasteiger partial charge < -0.3 is 14.8 Å². The highest BCUT2D eigenvalue weighted by Gasteiger charge is 2.37. The molecule has 0 saturated heterocycles. The highest BCUT2D eigenvalue weighted by molar-refractivity contribution is 5.90. The Hall–Kier alpha value is -3.28. The number of hydrogen-bond acceptors (Lipinski definition) is 6. The molecule has 0 spiro atoms. The molecule has 172 valence electrons. The number of benzene rings is 1. The first-order chi connectivity index (χ1) is 15.1. The van der Waals surface area contributed by atoms with Crippen molar-refractivity contribution in [3.05, 3.63) is 46.8 Å². The number of carbonyl (C=O) groups excluding carboxylic acids is 1. The van der Waals surface area contributed by atoms with Crippen LogP contribution in [0.2, 0.25) is 0 Å². The van der Waals surface area contributed by atoms with E-state index in [1.54, 1.807) is 13.8 Å². The van der Waals surface area contributed by atoms with E-state index in [1.807, 2.05) is 0 Å². The van der Waals surface area contributed by atoms with Crippen molar-refractivity contribution < 1.29 is 31.8 Å². The maximum absolute atomic E-state index is 14.1. The van der Waals surface area contributed by atoms with Crippen LogP contribution >= 0.6 is 0 Å². The monoisotopic (exact) mass is 455 g/mol. The van der Waals surface area contributed by atoms with Crippen LogP contribution < -0.4 is 10.1 Å². The van der Waals surface area contributed by atoms with Crippen molar-refractivity contribution in [1.29, 1.82) is 0 Å². The van der Waals surface area contributed by atoms with Crippen LogP contribution in [0, 0.1) is 19.7 Å². The summed E-state index contributed by atoms with van der Waals surface area (Å²) in [6.07, 6.45) is -4.48. The Morgan fingerprint density at radius 2 is 1.94 bits per heavy atom. The van der Waals surface area contributed by atoms with Crippen molar-refractivity contribution in [2.45, 2.75) is 32.9 Å². The van der Waals surface area contributed by atoms with Crippen molar-refractivity contribution in [1.82, 2.24) is 19.6 Å². The molecular weight excluding hydrogens is 434 g/mol. The SMILES string of the molecule is COCCOc1ccc(NC(=O)CCc2c(C)nc3nc(C(F)(F)F)nn3c2C)cc1F. The van der Waals surface area contributed by atoms with E-state index in [4.69, 9.17) is 9.47 Å². The number of halogens is 4. The molecule has 0 saturated carbocycles. The van der Waals surface area contributed by atoms with Gasteiger partial charge in [0.05, 0.1) is 6.61 Å². The largest absolute Gasteiger partial charge is 0.488 e. The zero-order chi connectivity index (χ0) is 23.5. The van der Waals surface area contributed by atoms with Gasteiger partial charge in [-0.2, -0.15) is 18.2 Å². The van der Waals surface area contributed by atoms with Crippen LogP contribution in [0.4, 0.5) is 23.2 Å². The summed E-state index contributed by atoms with van der Waals surface area (Å²) in [5, 5.41) is 6.07. The van der Waals surface area contributed by atoms with E-state index >= 15 is 0 Å². The predicted molar refractivity (Wildman–Crippen MR) is 106 cm³/mol. The summed E-state index contributed by atoms with van der Waals surface area (Å²) in [5.41, 5.74) is 1.69.